The van der Waals surface area contributed by atoms with Crippen molar-refractivity contribution in [3.8, 4) is 0 Å². The van der Waals surface area contributed by atoms with Gasteiger partial charge in [0.25, 0.3) is 0 Å². The largest absolute Gasteiger partial charge is 0.355 e. The minimum Gasteiger partial charge on any atom is -0.355 e. The van der Waals surface area contributed by atoms with Gasteiger partial charge < -0.3 is 5.32 Å². The maximum absolute atomic E-state index is 3.65. The first-order valence-corrected chi connectivity index (χ1v) is 12.3. The number of nitrogens with one attached hydrogen (secondary N) is 1. The van der Waals surface area contributed by atoms with Gasteiger partial charge in [0.05, 0.1) is 0 Å². The van der Waals surface area contributed by atoms with Gasteiger partial charge in [0.15, 0.2) is 0 Å². The van der Waals surface area contributed by atoms with Gasteiger partial charge in [0.1, 0.15) is 0 Å². The highest BCUT2D eigenvalue weighted by Gasteiger charge is 2.77. The van der Waals surface area contributed by atoms with E-state index in [0.717, 1.165) is 23.2 Å². The smallest absolute Gasteiger partial charge is 0.0398 e. The second kappa shape index (κ2) is 5.29. The van der Waals surface area contributed by atoms with Crippen molar-refractivity contribution in [1.29, 1.82) is 0 Å². The van der Waals surface area contributed by atoms with Crippen LogP contribution < -0.4 is 5.32 Å². The van der Waals surface area contributed by atoms with Crippen molar-refractivity contribution < 1.29 is 0 Å². The van der Waals surface area contributed by atoms with Crippen LogP contribution >= 0.6 is 11.3 Å². The Morgan fingerprint density at radius 3 is 2.23 bits per heavy atom. The van der Waals surface area contributed by atoms with E-state index in [9.17, 15) is 0 Å². The summed E-state index contributed by atoms with van der Waals surface area (Å²) >= 11 is 1.88. The van der Waals surface area contributed by atoms with Gasteiger partial charge in [-0.1, -0.05) is 36.4 Å². The lowest BCUT2D eigenvalue weighted by molar-refractivity contribution is -0.175. The monoisotopic (exact) mass is 407 g/mol. The second-order valence-electron chi connectivity index (χ2n) is 10.6. The Morgan fingerprint density at radius 2 is 1.47 bits per heavy atom. The average molecular weight is 408 g/mol. The lowest BCUT2D eigenvalue weighted by Crippen LogP contribution is -2.59. The average Bonchev–Trinajstić information content (AvgIpc) is 3.37. The van der Waals surface area contributed by atoms with Crippen molar-refractivity contribution in [2.24, 2.45) is 23.2 Å². The SMILES string of the molecule is c1ccc2c(c1)sc1cc(Nc3ccc(C45C[C@@H]6CC7C[C@@H](C4)C76C5)cc3)ccc12. The predicted molar refractivity (Wildman–Crippen MR) is 127 cm³/mol. The van der Waals surface area contributed by atoms with Crippen molar-refractivity contribution in [3.63, 3.8) is 0 Å². The number of benzene rings is 3. The van der Waals surface area contributed by atoms with Crippen LogP contribution in [0.4, 0.5) is 11.4 Å². The summed E-state index contributed by atoms with van der Waals surface area (Å²) in [7, 11) is 0. The molecule has 2 heteroatoms. The van der Waals surface area contributed by atoms with E-state index in [2.05, 4.69) is 72.0 Å². The van der Waals surface area contributed by atoms with Gasteiger partial charge in [0.2, 0.25) is 0 Å². The Labute approximate surface area is 181 Å². The summed E-state index contributed by atoms with van der Waals surface area (Å²) in [5.41, 5.74) is 5.31. The molecule has 4 aromatic rings. The fourth-order valence-electron chi connectivity index (χ4n) is 8.29. The van der Waals surface area contributed by atoms with Gasteiger partial charge in [-0.3, -0.25) is 0 Å². The van der Waals surface area contributed by atoms with Crippen molar-refractivity contribution >= 4 is 42.9 Å². The zero-order valence-corrected chi connectivity index (χ0v) is 17.8. The molecule has 1 N–H and O–H groups in total. The number of hydrogen-bond acceptors (Lipinski definition) is 2. The molecule has 2 bridgehead atoms. The summed E-state index contributed by atoms with van der Waals surface area (Å²) in [5, 5.41) is 6.38. The molecule has 4 fully saturated rings. The fourth-order valence-corrected chi connectivity index (χ4v) is 9.44. The Bertz CT molecular complexity index is 1310. The van der Waals surface area contributed by atoms with E-state index in [-0.39, 0.29) is 0 Å². The highest BCUT2D eigenvalue weighted by Crippen LogP contribution is 2.84. The quantitative estimate of drug-likeness (QED) is 0.364. The minimum absolute atomic E-state index is 0.509. The molecule has 4 saturated carbocycles. The first-order valence-electron chi connectivity index (χ1n) is 11.5. The first kappa shape index (κ1) is 16.4. The Kier molecular flexibility index (Phi) is 2.89. The van der Waals surface area contributed by atoms with Crippen LogP contribution in [-0.4, -0.2) is 0 Å². The molecule has 3 aromatic carbocycles. The third-order valence-electron chi connectivity index (χ3n) is 9.50. The van der Waals surface area contributed by atoms with Crippen LogP contribution in [0.5, 0.6) is 0 Å². The number of fused-ring (bicyclic) bond motifs is 4. The molecule has 0 saturated heterocycles. The molecule has 4 aliphatic carbocycles. The second-order valence-corrected chi connectivity index (χ2v) is 11.6. The first-order chi connectivity index (χ1) is 14.7. The van der Waals surface area contributed by atoms with Crippen LogP contribution in [0.1, 0.15) is 37.7 Å². The summed E-state index contributed by atoms with van der Waals surface area (Å²) in [4.78, 5) is 0. The molecular formula is C28H25NS. The van der Waals surface area contributed by atoms with Crippen LogP contribution in [0.25, 0.3) is 20.2 Å². The minimum atomic E-state index is 0.509. The van der Waals surface area contributed by atoms with E-state index in [1.54, 1.807) is 5.56 Å². The zero-order valence-electron chi connectivity index (χ0n) is 17.0. The maximum Gasteiger partial charge on any atom is 0.0398 e. The van der Waals surface area contributed by atoms with Crippen molar-refractivity contribution in [3.05, 3.63) is 72.3 Å². The molecule has 30 heavy (non-hydrogen) atoms. The van der Waals surface area contributed by atoms with Gasteiger partial charge in [-0.2, -0.15) is 0 Å². The van der Waals surface area contributed by atoms with Crippen molar-refractivity contribution in [2.75, 3.05) is 5.32 Å². The molecule has 2 atom stereocenters. The highest BCUT2D eigenvalue weighted by atomic mass is 32.1. The Morgan fingerprint density at radius 1 is 0.733 bits per heavy atom. The van der Waals surface area contributed by atoms with Gasteiger partial charge in [-0.15, -0.1) is 11.3 Å². The lowest BCUT2D eigenvalue weighted by atomic mass is 9.38. The Balaban J connectivity index is 1.09. The summed E-state index contributed by atoms with van der Waals surface area (Å²) in [6.07, 6.45) is 7.51. The van der Waals surface area contributed by atoms with Crippen molar-refractivity contribution in [1.82, 2.24) is 0 Å². The normalized spacial score (nSPS) is 35.3. The molecule has 1 nitrogen and oxygen atoms in total. The van der Waals surface area contributed by atoms with E-state index in [0.29, 0.717) is 5.41 Å². The van der Waals surface area contributed by atoms with Crippen LogP contribution in [0.15, 0.2) is 66.7 Å². The molecule has 0 radical (unpaired) electrons. The molecule has 148 valence electrons. The summed E-state index contributed by atoms with van der Waals surface area (Å²) in [6.45, 7) is 0. The van der Waals surface area contributed by atoms with Gasteiger partial charge in [-0.05, 0) is 96.6 Å². The number of thiophene rings is 1. The number of hydrogen-bond donors (Lipinski definition) is 1. The third-order valence-corrected chi connectivity index (χ3v) is 10.6. The molecular weight excluding hydrogens is 382 g/mol. The summed E-state index contributed by atoms with van der Waals surface area (Å²) in [6, 6.07) is 25.0. The highest BCUT2D eigenvalue weighted by molar-refractivity contribution is 7.25. The van der Waals surface area contributed by atoms with Crippen LogP contribution in [-0.2, 0) is 5.41 Å². The number of anilines is 2. The third kappa shape index (κ3) is 1.86. The standard InChI is InChI=1S/C28H25NS/c1-2-4-25-23(3-1)24-10-9-22(13-26(24)30-25)29-21-7-5-17(6-8-21)27-14-19-11-18-12-20(15-27)28(18,19)16-27/h1-10,13,18-20,29H,11-12,14-16H2/t18?,19-,20-,27?,28?/m0/s1. The van der Waals surface area contributed by atoms with E-state index in [4.69, 9.17) is 0 Å². The molecule has 1 heterocycles. The Hall–Kier alpha value is -2.32. The van der Waals surface area contributed by atoms with Gasteiger partial charge in [0, 0.05) is 31.5 Å². The molecule has 1 spiro atoms. The van der Waals surface area contributed by atoms with Crippen LogP contribution in [0, 0.1) is 23.2 Å². The maximum atomic E-state index is 3.65. The van der Waals surface area contributed by atoms with Crippen LogP contribution in [0.2, 0.25) is 0 Å². The van der Waals surface area contributed by atoms with Crippen molar-refractivity contribution in [2.45, 2.75) is 37.5 Å². The van der Waals surface area contributed by atoms with E-state index >= 15 is 0 Å². The van der Waals surface area contributed by atoms with E-state index in [1.807, 2.05) is 11.3 Å². The van der Waals surface area contributed by atoms with Crippen LogP contribution in [0.3, 0.4) is 0 Å². The fraction of sp³-hybridized carbons (Fsp3) is 0.357. The van der Waals surface area contributed by atoms with Gasteiger partial charge in [-0.25, -0.2) is 0 Å². The summed E-state index contributed by atoms with van der Waals surface area (Å²) < 4.78 is 2.72. The predicted octanol–water partition coefficient (Wildman–Crippen LogP) is 7.88. The van der Waals surface area contributed by atoms with Gasteiger partial charge >= 0.3 is 0 Å². The molecule has 4 aliphatic rings. The molecule has 0 aliphatic heterocycles. The number of rotatable bonds is 3. The molecule has 0 unspecified atom stereocenters. The topological polar surface area (TPSA) is 12.0 Å². The van der Waals surface area contributed by atoms with E-state index < -0.39 is 0 Å². The molecule has 1 aromatic heterocycles. The summed E-state index contributed by atoms with van der Waals surface area (Å²) in [5.74, 6) is 3.21. The molecule has 8 rings (SSSR count). The van der Waals surface area contributed by atoms with E-state index in [1.165, 1.54) is 63.7 Å². The lowest BCUT2D eigenvalue weighted by Gasteiger charge is -2.66. The zero-order chi connectivity index (χ0) is 19.5. The molecule has 0 amide bonds.